The van der Waals surface area contributed by atoms with Crippen LogP contribution in [-0.2, 0) is 6.42 Å². The Kier molecular flexibility index (Phi) is 4.30. The molecule has 31 heavy (non-hydrogen) atoms. The number of fused-ring (bicyclic) bond motifs is 4. The number of rotatable bonds is 4. The second-order valence-electron chi connectivity index (χ2n) is 8.90. The van der Waals surface area contributed by atoms with Gasteiger partial charge in [-0.25, -0.2) is 0 Å². The van der Waals surface area contributed by atoms with E-state index in [-0.39, 0.29) is 12.0 Å². The summed E-state index contributed by atoms with van der Waals surface area (Å²) in [5.74, 6) is 1.09. The zero-order chi connectivity index (χ0) is 21.1. The van der Waals surface area contributed by atoms with Crippen LogP contribution in [0.25, 0.3) is 11.0 Å². The molecule has 0 saturated carbocycles. The molecule has 0 bridgehead atoms. The summed E-state index contributed by atoms with van der Waals surface area (Å²) in [6.07, 6.45) is 2.26. The predicted octanol–water partition coefficient (Wildman–Crippen LogP) is 2.09. The van der Waals surface area contributed by atoms with Gasteiger partial charge in [0.1, 0.15) is 18.5 Å². The summed E-state index contributed by atoms with van der Waals surface area (Å²) in [4.78, 5) is 29.9. The fourth-order valence-electron chi connectivity index (χ4n) is 5.74. The summed E-state index contributed by atoms with van der Waals surface area (Å²) in [6.45, 7) is 3.12. The van der Waals surface area contributed by atoms with Crippen molar-refractivity contribution in [1.82, 2.24) is 14.5 Å². The molecular weight excluding hydrogens is 394 g/mol. The van der Waals surface area contributed by atoms with Crippen molar-refractivity contribution in [2.45, 2.75) is 37.3 Å². The maximum Gasteiger partial charge on any atom is 0.317 e. The monoisotopic (exact) mass is 419 g/mol. The quantitative estimate of drug-likeness (QED) is 0.633. The topological polar surface area (TPSA) is 87.6 Å². The molecule has 3 atom stereocenters. The summed E-state index contributed by atoms with van der Waals surface area (Å²) >= 11 is 0. The average Bonchev–Trinajstić information content (AvgIpc) is 3.32. The zero-order valence-corrected chi connectivity index (χ0v) is 17.2. The van der Waals surface area contributed by atoms with E-state index in [4.69, 9.17) is 4.74 Å². The van der Waals surface area contributed by atoms with Crippen molar-refractivity contribution in [1.29, 1.82) is 0 Å². The van der Waals surface area contributed by atoms with E-state index in [1.165, 1.54) is 5.56 Å². The molecule has 3 aliphatic heterocycles. The molecule has 2 N–H and O–H groups in total. The van der Waals surface area contributed by atoms with E-state index < -0.39 is 17.2 Å². The number of piperidine rings is 1. The molecule has 0 aliphatic carbocycles. The van der Waals surface area contributed by atoms with E-state index in [0.717, 1.165) is 66.8 Å². The lowest BCUT2D eigenvalue weighted by Gasteiger charge is -2.36. The maximum absolute atomic E-state index is 12.6. The molecule has 0 spiro atoms. The lowest BCUT2D eigenvalue weighted by atomic mass is 9.88. The van der Waals surface area contributed by atoms with Crippen molar-refractivity contribution < 1.29 is 9.84 Å². The van der Waals surface area contributed by atoms with Gasteiger partial charge < -0.3 is 19.7 Å². The molecule has 3 aromatic rings. The Bertz CT molecular complexity index is 1290. The molecule has 7 nitrogen and oxygen atoms in total. The van der Waals surface area contributed by atoms with Crippen molar-refractivity contribution in [3.05, 3.63) is 73.8 Å². The van der Waals surface area contributed by atoms with Gasteiger partial charge in [0.2, 0.25) is 0 Å². The molecule has 1 saturated heterocycles. The van der Waals surface area contributed by atoms with Gasteiger partial charge in [0, 0.05) is 30.6 Å². The van der Waals surface area contributed by atoms with E-state index in [1.54, 1.807) is 4.57 Å². The molecule has 4 heterocycles. The maximum atomic E-state index is 12.6. The first-order chi connectivity index (χ1) is 15.1. The number of aliphatic hydroxyl groups is 1. The predicted molar refractivity (Wildman–Crippen MR) is 117 cm³/mol. The lowest BCUT2D eigenvalue weighted by Crippen LogP contribution is -2.43. The van der Waals surface area contributed by atoms with E-state index in [0.29, 0.717) is 6.61 Å². The Morgan fingerprint density at radius 3 is 2.87 bits per heavy atom. The Morgan fingerprint density at radius 1 is 1.13 bits per heavy atom. The van der Waals surface area contributed by atoms with Gasteiger partial charge in [0.25, 0.3) is 0 Å². The second kappa shape index (κ2) is 7.07. The number of likely N-dealkylation sites (tertiary alicyclic amines) is 1. The number of aliphatic hydroxyl groups excluding tert-OH is 1. The van der Waals surface area contributed by atoms with Gasteiger partial charge in [-0.2, -0.15) is 0 Å². The minimum absolute atomic E-state index is 0.0678. The van der Waals surface area contributed by atoms with Crippen molar-refractivity contribution in [2.24, 2.45) is 0 Å². The number of aryl methyl sites for hydroxylation is 1. The first kappa shape index (κ1) is 18.8. The Balaban J connectivity index is 1.19. The van der Waals surface area contributed by atoms with Crippen LogP contribution < -0.4 is 15.9 Å². The van der Waals surface area contributed by atoms with Crippen LogP contribution in [0.1, 0.15) is 47.6 Å². The Labute approximate surface area is 178 Å². The zero-order valence-electron chi connectivity index (χ0n) is 17.2. The number of hydrogen-bond acceptors (Lipinski definition) is 5. The Hall–Kier alpha value is -2.90. The highest BCUT2D eigenvalue weighted by molar-refractivity contribution is 5.81. The number of para-hydroxylation sites is 2. The van der Waals surface area contributed by atoms with Gasteiger partial charge in [-0.05, 0) is 43.0 Å². The Morgan fingerprint density at radius 2 is 1.97 bits per heavy atom. The summed E-state index contributed by atoms with van der Waals surface area (Å²) < 4.78 is 7.46. The van der Waals surface area contributed by atoms with Gasteiger partial charge in [-0.3, -0.25) is 14.2 Å². The second-order valence-corrected chi connectivity index (χ2v) is 8.90. The number of ether oxygens (including phenoxy) is 1. The number of H-pyrrole nitrogens is 1. The molecule has 3 unspecified atom stereocenters. The number of aromatic nitrogens is 2. The molecule has 0 amide bonds. The van der Waals surface area contributed by atoms with Crippen LogP contribution >= 0.6 is 0 Å². The molecule has 6 rings (SSSR count). The van der Waals surface area contributed by atoms with Crippen molar-refractivity contribution in [2.75, 3.05) is 26.2 Å². The minimum atomic E-state index is -0.532. The third kappa shape index (κ3) is 2.87. The highest BCUT2D eigenvalue weighted by atomic mass is 16.5. The first-order valence-electron chi connectivity index (χ1n) is 11.0. The van der Waals surface area contributed by atoms with Crippen molar-refractivity contribution >= 4 is 11.0 Å². The number of nitrogens with zero attached hydrogens (tertiary/aromatic N) is 2. The van der Waals surface area contributed by atoms with Crippen molar-refractivity contribution in [3.8, 4) is 5.75 Å². The number of benzene rings is 2. The van der Waals surface area contributed by atoms with E-state index >= 15 is 0 Å². The largest absolute Gasteiger partial charge is 0.490 e. The van der Waals surface area contributed by atoms with Crippen LogP contribution in [0.4, 0.5) is 0 Å². The van der Waals surface area contributed by atoms with E-state index in [1.807, 2.05) is 24.3 Å². The molecule has 0 radical (unpaired) electrons. The highest BCUT2D eigenvalue weighted by Crippen LogP contribution is 2.44. The van der Waals surface area contributed by atoms with Crippen LogP contribution in [0.2, 0.25) is 0 Å². The fourth-order valence-corrected chi connectivity index (χ4v) is 5.74. The normalized spacial score (nSPS) is 24.2. The molecule has 2 aromatic carbocycles. The van der Waals surface area contributed by atoms with Gasteiger partial charge >= 0.3 is 11.1 Å². The third-order valence-corrected chi connectivity index (χ3v) is 7.15. The van der Waals surface area contributed by atoms with Gasteiger partial charge in [-0.15, -0.1) is 0 Å². The summed E-state index contributed by atoms with van der Waals surface area (Å²) in [5.41, 5.74) is 3.92. The summed E-state index contributed by atoms with van der Waals surface area (Å²) in [5, 5.41) is 10.0. The number of aromatic amines is 1. The van der Waals surface area contributed by atoms with Crippen LogP contribution in [0.5, 0.6) is 5.75 Å². The van der Waals surface area contributed by atoms with Gasteiger partial charge in [0.05, 0.1) is 11.0 Å². The standard InChI is InChI=1S/C24H25N3O4/c28-20-13-31-22-14(4-1-7-16(20)22)5-3-10-26-11-9-19-17(12-26)15-6-2-8-18-21(15)27(19)24(30)23(29)25-18/h1-2,4,6-8,17,19-20,28H,3,5,9-13H2,(H,25,29). The average molecular weight is 419 g/mol. The van der Waals surface area contributed by atoms with Crippen LogP contribution in [0, 0.1) is 0 Å². The summed E-state index contributed by atoms with van der Waals surface area (Å²) in [6, 6.07) is 12.0. The lowest BCUT2D eigenvalue weighted by molar-refractivity contribution is 0.140. The van der Waals surface area contributed by atoms with Crippen LogP contribution in [0.15, 0.2) is 46.0 Å². The molecule has 7 heteroatoms. The molecule has 1 fully saturated rings. The van der Waals surface area contributed by atoms with Crippen LogP contribution in [-0.4, -0.2) is 45.8 Å². The van der Waals surface area contributed by atoms with Gasteiger partial charge in [-0.1, -0.05) is 30.3 Å². The third-order valence-electron chi connectivity index (χ3n) is 7.15. The summed E-state index contributed by atoms with van der Waals surface area (Å²) in [7, 11) is 0. The smallest absolute Gasteiger partial charge is 0.317 e. The SMILES string of the molecule is O=c1[nH]c2cccc3c2n(c1=O)C1CCN(CCCc2cccc4c2OCC4O)CC31. The van der Waals surface area contributed by atoms with E-state index in [2.05, 4.69) is 22.0 Å². The van der Waals surface area contributed by atoms with E-state index in [9.17, 15) is 14.7 Å². The van der Waals surface area contributed by atoms with Gasteiger partial charge in [0.15, 0.2) is 0 Å². The fraction of sp³-hybridized carbons (Fsp3) is 0.417. The molecule has 3 aliphatic rings. The molecule has 160 valence electrons. The highest BCUT2D eigenvalue weighted by Gasteiger charge is 2.39. The molecule has 1 aromatic heterocycles. The molecular formula is C24H25N3O4. The van der Waals surface area contributed by atoms with Crippen LogP contribution in [0.3, 0.4) is 0 Å². The number of nitrogens with one attached hydrogen (secondary N) is 1. The minimum Gasteiger partial charge on any atom is -0.490 e. The first-order valence-corrected chi connectivity index (χ1v) is 11.0. The van der Waals surface area contributed by atoms with Crippen molar-refractivity contribution in [3.63, 3.8) is 0 Å². The number of hydrogen-bond donors (Lipinski definition) is 2.